The molecule has 20 heavy (non-hydrogen) atoms. The van der Waals surface area contributed by atoms with E-state index in [9.17, 15) is 5.11 Å². The van der Waals surface area contributed by atoms with Crippen molar-refractivity contribution in [3.05, 3.63) is 23.9 Å². The monoisotopic (exact) mass is 274 g/mol. The van der Waals surface area contributed by atoms with Crippen molar-refractivity contribution in [3.8, 4) is 6.07 Å². The van der Waals surface area contributed by atoms with Crippen molar-refractivity contribution in [2.45, 2.75) is 31.7 Å². The number of nitrogens with one attached hydrogen (secondary N) is 1. The predicted molar refractivity (Wildman–Crippen MR) is 78.4 cm³/mol. The molecule has 1 fully saturated rings. The molecule has 0 saturated carbocycles. The van der Waals surface area contributed by atoms with Gasteiger partial charge in [-0.3, -0.25) is 4.90 Å². The molecule has 1 saturated heterocycles. The highest BCUT2D eigenvalue weighted by Crippen LogP contribution is 2.16. The third kappa shape index (κ3) is 4.19. The highest BCUT2D eigenvalue weighted by Gasteiger charge is 2.20. The first-order chi connectivity index (χ1) is 9.83. The SMILES string of the molecule is N#Cc1cccc(NCCCN2CCCC[C@@H]2CO)n1. The van der Waals surface area contributed by atoms with E-state index < -0.39 is 0 Å². The zero-order valence-corrected chi connectivity index (χ0v) is 11.8. The summed E-state index contributed by atoms with van der Waals surface area (Å²) in [5, 5.41) is 21.4. The second-order valence-corrected chi connectivity index (χ2v) is 5.17. The van der Waals surface area contributed by atoms with Crippen molar-refractivity contribution in [3.63, 3.8) is 0 Å². The van der Waals surface area contributed by atoms with Gasteiger partial charge in [-0.15, -0.1) is 0 Å². The molecular weight excluding hydrogens is 252 g/mol. The van der Waals surface area contributed by atoms with Gasteiger partial charge in [0.2, 0.25) is 0 Å². The Labute approximate surface area is 120 Å². The molecule has 5 nitrogen and oxygen atoms in total. The van der Waals surface area contributed by atoms with Crippen LogP contribution in [0.1, 0.15) is 31.4 Å². The Morgan fingerprint density at radius 1 is 1.45 bits per heavy atom. The highest BCUT2D eigenvalue weighted by molar-refractivity contribution is 5.38. The Hall–Kier alpha value is -1.64. The molecule has 1 aromatic heterocycles. The van der Waals surface area contributed by atoms with Crippen LogP contribution in [0.2, 0.25) is 0 Å². The zero-order chi connectivity index (χ0) is 14.2. The van der Waals surface area contributed by atoms with Gasteiger partial charge in [0.1, 0.15) is 17.6 Å². The van der Waals surface area contributed by atoms with E-state index in [0.29, 0.717) is 11.7 Å². The van der Waals surface area contributed by atoms with E-state index >= 15 is 0 Å². The number of aliphatic hydroxyl groups is 1. The second-order valence-electron chi connectivity index (χ2n) is 5.17. The number of nitriles is 1. The van der Waals surface area contributed by atoms with Gasteiger partial charge in [-0.25, -0.2) is 4.98 Å². The van der Waals surface area contributed by atoms with Gasteiger partial charge < -0.3 is 10.4 Å². The molecule has 1 aromatic rings. The molecule has 0 radical (unpaired) electrons. The summed E-state index contributed by atoms with van der Waals surface area (Å²) < 4.78 is 0. The van der Waals surface area contributed by atoms with E-state index in [4.69, 9.17) is 5.26 Å². The summed E-state index contributed by atoms with van der Waals surface area (Å²) >= 11 is 0. The molecule has 2 N–H and O–H groups in total. The molecule has 0 spiro atoms. The van der Waals surface area contributed by atoms with E-state index in [2.05, 4.69) is 15.2 Å². The lowest BCUT2D eigenvalue weighted by Gasteiger charge is -2.34. The quantitative estimate of drug-likeness (QED) is 0.771. The van der Waals surface area contributed by atoms with Gasteiger partial charge in [-0.05, 0) is 37.9 Å². The minimum absolute atomic E-state index is 0.263. The normalized spacial score (nSPS) is 19.5. The lowest BCUT2D eigenvalue weighted by atomic mass is 10.0. The van der Waals surface area contributed by atoms with Crippen LogP contribution >= 0.6 is 0 Å². The summed E-state index contributed by atoms with van der Waals surface area (Å²) in [6.45, 7) is 3.18. The molecule has 0 aromatic carbocycles. The van der Waals surface area contributed by atoms with Gasteiger partial charge in [0, 0.05) is 19.1 Å². The maximum Gasteiger partial charge on any atom is 0.142 e. The van der Waals surface area contributed by atoms with Crippen LogP contribution in [0.4, 0.5) is 5.82 Å². The second kappa shape index (κ2) is 7.83. The van der Waals surface area contributed by atoms with E-state index in [1.54, 1.807) is 6.07 Å². The highest BCUT2D eigenvalue weighted by atomic mass is 16.3. The van der Waals surface area contributed by atoms with Gasteiger partial charge in [-0.1, -0.05) is 12.5 Å². The smallest absolute Gasteiger partial charge is 0.142 e. The molecule has 108 valence electrons. The number of anilines is 1. The third-order valence-electron chi connectivity index (χ3n) is 3.75. The molecule has 2 rings (SSSR count). The summed E-state index contributed by atoms with van der Waals surface area (Å²) in [6.07, 6.45) is 4.57. The van der Waals surface area contributed by atoms with Crippen molar-refractivity contribution in [2.75, 3.05) is 31.6 Å². The summed E-state index contributed by atoms with van der Waals surface area (Å²) in [4.78, 5) is 6.56. The molecule has 0 bridgehead atoms. The van der Waals surface area contributed by atoms with Gasteiger partial charge in [-0.2, -0.15) is 5.26 Å². The van der Waals surface area contributed by atoms with E-state index in [1.807, 2.05) is 18.2 Å². The number of likely N-dealkylation sites (tertiary alicyclic amines) is 1. The number of nitrogens with zero attached hydrogens (tertiary/aromatic N) is 3. The minimum Gasteiger partial charge on any atom is -0.395 e. The van der Waals surface area contributed by atoms with Gasteiger partial charge >= 0.3 is 0 Å². The van der Waals surface area contributed by atoms with Crippen LogP contribution in [0, 0.1) is 11.3 Å². The molecular formula is C15H22N4O. The average Bonchev–Trinajstić information content (AvgIpc) is 2.52. The Bertz CT molecular complexity index is 457. The Balaban J connectivity index is 1.71. The van der Waals surface area contributed by atoms with E-state index in [1.165, 1.54) is 12.8 Å². The molecule has 0 aliphatic carbocycles. The van der Waals surface area contributed by atoms with E-state index in [-0.39, 0.29) is 6.61 Å². The topological polar surface area (TPSA) is 72.2 Å². The van der Waals surface area contributed by atoms with Crippen LogP contribution in [0.25, 0.3) is 0 Å². The Morgan fingerprint density at radius 2 is 2.35 bits per heavy atom. The average molecular weight is 274 g/mol. The van der Waals surface area contributed by atoms with Crippen LogP contribution in [0.3, 0.4) is 0 Å². The Kier molecular flexibility index (Phi) is 5.78. The van der Waals surface area contributed by atoms with Crippen LogP contribution < -0.4 is 5.32 Å². The minimum atomic E-state index is 0.263. The number of piperidine rings is 1. The molecule has 1 aliphatic rings. The van der Waals surface area contributed by atoms with Gasteiger partial charge in [0.25, 0.3) is 0 Å². The lowest BCUT2D eigenvalue weighted by molar-refractivity contribution is 0.0901. The molecule has 0 unspecified atom stereocenters. The number of hydrogen-bond acceptors (Lipinski definition) is 5. The first-order valence-corrected chi connectivity index (χ1v) is 7.29. The van der Waals surface area contributed by atoms with Crippen molar-refractivity contribution in [2.24, 2.45) is 0 Å². The van der Waals surface area contributed by atoms with Crippen LogP contribution in [0.15, 0.2) is 18.2 Å². The van der Waals surface area contributed by atoms with Crippen molar-refractivity contribution < 1.29 is 5.11 Å². The van der Waals surface area contributed by atoms with Gasteiger partial charge in [0.05, 0.1) is 6.61 Å². The van der Waals surface area contributed by atoms with E-state index in [0.717, 1.165) is 38.3 Å². The first kappa shape index (κ1) is 14.8. The third-order valence-corrected chi connectivity index (χ3v) is 3.75. The summed E-state index contributed by atoms with van der Waals surface area (Å²) in [7, 11) is 0. The summed E-state index contributed by atoms with van der Waals surface area (Å²) in [5.74, 6) is 0.751. The number of aliphatic hydroxyl groups excluding tert-OH is 1. The number of hydrogen-bond donors (Lipinski definition) is 2. The largest absolute Gasteiger partial charge is 0.395 e. The molecule has 2 heterocycles. The fraction of sp³-hybridized carbons (Fsp3) is 0.600. The van der Waals surface area contributed by atoms with Crippen LogP contribution in [-0.4, -0.2) is 47.3 Å². The zero-order valence-electron chi connectivity index (χ0n) is 11.8. The Morgan fingerprint density at radius 3 is 3.15 bits per heavy atom. The van der Waals surface area contributed by atoms with Gasteiger partial charge in [0.15, 0.2) is 0 Å². The van der Waals surface area contributed by atoms with Crippen LogP contribution in [0.5, 0.6) is 0 Å². The van der Waals surface area contributed by atoms with Crippen molar-refractivity contribution >= 4 is 5.82 Å². The number of aromatic nitrogens is 1. The summed E-state index contributed by atoms with van der Waals surface area (Å²) in [5.41, 5.74) is 0.436. The maximum atomic E-state index is 9.36. The number of pyridine rings is 1. The standard InChI is InChI=1S/C15H22N4O/c16-11-13-5-3-7-15(18-13)17-8-4-10-19-9-2-1-6-14(19)12-20/h3,5,7,14,20H,1-2,4,6,8-10,12H2,(H,17,18)/t14-/m1/s1. The summed E-state index contributed by atoms with van der Waals surface area (Å²) in [6, 6.07) is 7.78. The molecule has 1 atom stereocenters. The van der Waals surface area contributed by atoms with Crippen LogP contribution in [-0.2, 0) is 0 Å². The molecule has 0 amide bonds. The maximum absolute atomic E-state index is 9.36. The van der Waals surface area contributed by atoms with Crippen molar-refractivity contribution in [1.29, 1.82) is 5.26 Å². The molecule has 1 aliphatic heterocycles. The first-order valence-electron chi connectivity index (χ1n) is 7.29. The predicted octanol–water partition coefficient (Wildman–Crippen LogP) is 1.60. The fourth-order valence-corrected chi connectivity index (χ4v) is 2.66. The fourth-order valence-electron chi connectivity index (χ4n) is 2.66. The van der Waals surface area contributed by atoms with Crippen molar-refractivity contribution in [1.82, 2.24) is 9.88 Å². The molecule has 5 heteroatoms. The lowest BCUT2D eigenvalue weighted by Crippen LogP contribution is -2.42. The number of rotatable bonds is 6.